The first-order chi connectivity index (χ1) is 14.9. The van der Waals surface area contributed by atoms with E-state index in [4.69, 9.17) is 26.5 Å². The zero-order chi connectivity index (χ0) is 22.4. The summed E-state index contributed by atoms with van der Waals surface area (Å²) in [5.41, 5.74) is 0.634. The second-order valence-electron chi connectivity index (χ2n) is 5.96. The van der Waals surface area contributed by atoms with Crippen LogP contribution in [0.2, 0.25) is 5.02 Å². The van der Waals surface area contributed by atoms with E-state index in [1.54, 1.807) is 36.4 Å². The molecule has 0 bridgehead atoms. The highest BCUT2D eigenvalue weighted by molar-refractivity contribution is 7.89. The third-order valence-corrected chi connectivity index (χ3v) is 6.13. The molecular weight excluding hydrogens is 444 g/mol. The molecule has 3 aromatic rings. The van der Waals surface area contributed by atoms with Gasteiger partial charge in [-0.3, -0.25) is 10.1 Å². The van der Waals surface area contributed by atoms with Gasteiger partial charge in [0.05, 0.1) is 27.6 Å². The van der Waals surface area contributed by atoms with Gasteiger partial charge in [0.2, 0.25) is 10.0 Å². The Morgan fingerprint density at radius 3 is 2.32 bits per heavy atom. The fraction of sp³-hybridized carbons (Fsp3) is 0.105. The molecule has 31 heavy (non-hydrogen) atoms. The first-order valence-electron chi connectivity index (χ1n) is 8.60. The van der Waals surface area contributed by atoms with Crippen molar-refractivity contribution in [2.45, 2.75) is 4.90 Å². The Morgan fingerprint density at radius 1 is 1.06 bits per heavy atom. The summed E-state index contributed by atoms with van der Waals surface area (Å²) in [6.45, 7) is -0.938. The summed E-state index contributed by atoms with van der Waals surface area (Å²) in [6.07, 6.45) is 0. The van der Waals surface area contributed by atoms with E-state index in [1.807, 2.05) is 0 Å². The lowest BCUT2D eigenvalue weighted by Crippen LogP contribution is -2.31. The van der Waals surface area contributed by atoms with E-state index in [2.05, 4.69) is 15.5 Å². The molecule has 1 heterocycles. The number of benzene rings is 2. The molecule has 0 unspecified atom stereocenters. The smallest absolute Gasteiger partial charge is 0.322 e. The average molecular weight is 457 g/mol. The highest BCUT2D eigenvalue weighted by Gasteiger charge is 2.24. The van der Waals surface area contributed by atoms with Crippen LogP contribution in [0.3, 0.4) is 0 Å². The lowest BCUT2D eigenvalue weighted by atomic mass is 10.2. The quantitative estimate of drug-likeness (QED) is 0.532. The van der Waals surface area contributed by atoms with Gasteiger partial charge in [-0.1, -0.05) is 28.8 Å². The molecule has 0 fully saturated rings. The topological polar surface area (TPSA) is 153 Å². The molecule has 156 valence electrons. The van der Waals surface area contributed by atoms with Crippen LogP contribution in [0.15, 0.2) is 57.8 Å². The van der Waals surface area contributed by atoms with Crippen molar-refractivity contribution in [2.75, 3.05) is 18.4 Å². The molecule has 0 spiro atoms. The minimum Gasteiger partial charge on any atom is -0.403 e. The summed E-state index contributed by atoms with van der Waals surface area (Å²) < 4.78 is 31.2. The zero-order valence-electron chi connectivity index (χ0n) is 15.7. The molecule has 0 aliphatic rings. The first kappa shape index (κ1) is 21.9. The molecule has 0 radical (unpaired) electrons. The number of carbonyl (C=O) groups excluding carboxylic acids is 1. The van der Waals surface area contributed by atoms with Crippen LogP contribution in [0.5, 0.6) is 0 Å². The largest absolute Gasteiger partial charge is 0.403 e. The summed E-state index contributed by atoms with van der Waals surface area (Å²) in [5, 5.41) is 28.0. The molecule has 0 atom stereocenters. The van der Waals surface area contributed by atoms with Gasteiger partial charge in [-0.25, -0.2) is 8.42 Å². The monoisotopic (exact) mass is 456 g/mol. The van der Waals surface area contributed by atoms with E-state index in [0.717, 1.165) is 4.31 Å². The summed E-state index contributed by atoms with van der Waals surface area (Å²) >= 11 is 6.08. The maximum atomic E-state index is 12.5. The van der Waals surface area contributed by atoms with Crippen molar-refractivity contribution in [3.8, 4) is 23.6 Å². The van der Waals surface area contributed by atoms with Crippen LogP contribution < -0.4 is 5.32 Å². The van der Waals surface area contributed by atoms with Gasteiger partial charge in [-0.2, -0.15) is 14.8 Å². The number of aromatic nitrogens is 2. The van der Waals surface area contributed by atoms with Gasteiger partial charge < -0.3 is 4.42 Å². The normalized spacial score (nSPS) is 11.0. The van der Waals surface area contributed by atoms with E-state index >= 15 is 0 Å². The van der Waals surface area contributed by atoms with E-state index in [0.29, 0.717) is 10.6 Å². The van der Waals surface area contributed by atoms with E-state index in [9.17, 15) is 13.2 Å². The third kappa shape index (κ3) is 4.87. The van der Waals surface area contributed by atoms with Crippen molar-refractivity contribution in [2.24, 2.45) is 0 Å². The van der Waals surface area contributed by atoms with Crippen molar-refractivity contribution in [3.05, 3.63) is 59.1 Å². The van der Waals surface area contributed by atoms with E-state index < -0.39 is 29.0 Å². The molecule has 0 saturated heterocycles. The van der Waals surface area contributed by atoms with Gasteiger partial charge in [0.15, 0.2) is 0 Å². The number of hydrogen-bond acceptors (Lipinski definition) is 8. The molecule has 1 N–H and O–H groups in total. The van der Waals surface area contributed by atoms with Crippen LogP contribution in [-0.4, -0.2) is 41.9 Å². The standard InChI is InChI=1S/C19H13ClN6O4S/c20-16-4-2-1-3-15(16)18-24-25-19(30-18)23-17(27)13-5-7-14(8-6-13)31(28,29)26(11-9-21)12-10-22/h1-8H,11-12H2,(H,23,25,27). The number of amides is 1. The molecule has 1 amide bonds. The van der Waals surface area contributed by atoms with E-state index in [-0.39, 0.29) is 22.4 Å². The second-order valence-corrected chi connectivity index (χ2v) is 8.31. The molecule has 3 rings (SSSR count). The van der Waals surface area contributed by atoms with Crippen molar-refractivity contribution < 1.29 is 17.6 Å². The minimum absolute atomic E-state index is 0.123. The van der Waals surface area contributed by atoms with Crippen LogP contribution in [0, 0.1) is 22.7 Å². The molecule has 1 aromatic heterocycles. The number of nitrogens with one attached hydrogen (secondary N) is 1. The Kier molecular flexibility index (Phi) is 6.62. The number of anilines is 1. The molecule has 0 aliphatic carbocycles. The Bertz CT molecular complexity index is 1280. The maximum Gasteiger partial charge on any atom is 0.322 e. The van der Waals surface area contributed by atoms with Gasteiger partial charge in [0.1, 0.15) is 13.1 Å². The number of hydrogen-bond donors (Lipinski definition) is 1. The van der Waals surface area contributed by atoms with Gasteiger partial charge in [0.25, 0.3) is 11.8 Å². The number of carbonyl (C=O) groups is 1. The number of nitrogens with zero attached hydrogens (tertiary/aromatic N) is 5. The Hall–Kier alpha value is -3.77. The number of rotatable bonds is 7. The van der Waals surface area contributed by atoms with Crippen LogP contribution in [0.1, 0.15) is 10.4 Å². The first-order valence-corrected chi connectivity index (χ1v) is 10.4. The number of sulfonamides is 1. The lowest BCUT2D eigenvalue weighted by Gasteiger charge is -2.15. The molecule has 2 aromatic carbocycles. The zero-order valence-corrected chi connectivity index (χ0v) is 17.3. The molecule has 0 aliphatic heterocycles. The summed E-state index contributed by atoms with van der Waals surface area (Å²) in [6, 6.07) is 15.0. The van der Waals surface area contributed by atoms with E-state index in [1.165, 1.54) is 24.3 Å². The predicted octanol–water partition coefficient (Wildman–Crippen LogP) is 2.68. The van der Waals surface area contributed by atoms with Gasteiger partial charge in [-0.05, 0) is 36.4 Å². The summed E-state index contributed by atoms with van der Waals surface area (Å²) in [5.74, 6) is -0.485. The minimum atomic E-state index is -4.05. The SMILES string of the molecule is N#CCN(CC#N)S(=O)(=O)c1ccc(C(=O)Nc2nnc(-c3ccccc3Cl)o2)cc1. The summed E-state index contributed by atoms with van der Waals surface area (Å²) in [4.78, 5) is 12.3. The number of halogens is 1. The maximum absolute atomic E-state index is 12.5. The summed E-state index contributed by atoms with van der Waals surface area (Å²) in [7, 11) is -4.05. The molecule has 12 heteroatoms. The van der Waals surface area contributed by atoms with Crippen LogP contribution in [0.4, 0.5) is 6.01 Å². The van der Waals surface area contributed by atoms with Crippen molar-refractivity contribution in [1.82, 2.24) is 14.5 Å². The van der Waals surface area contributed by atoms with Crippen molar-refractivity contribution >= 4 is 33.5 Å². The van der Waals surface area contributed by atoms with Crippen LogP contribution >= 0.6 is 11.6 Å². The molecular formula is C19H13ClN6O4S. The lowest BCUT2D eigenvalue weighted by molar-refractivity contribution is 0.102. The Morgan fingerprint density at radius 2 is 1.71 bits per heavy atom. The Balaban J connectivity index is 1.75. The van der Waals surface area contributed by atoms with Crippen LogP contribution in [0.25, 0.3) is 11.5 Å². The Labute approximate surface area is 182 Å². The highest BCUT2D eigenvalue weighted by atomic mass is 35.5. The van der Waals surface area contributed by atoms with Gasteiger partial charge in [0, 0.05) is 5.56 Å². The van der Waals surface area contributed by atoms with Crippen molar-refractivity contribution in [3.63, 3.8) is 0 Å². The van der Waals surface area contributed by atoms with Crippen LogP contribution in [-0.2, 0) is 10.0 Å². The highest BCUT2D eigenvalue weighted by Crippen LogP contribution is 2.27. The molecule has 10 nitrogen and oxygen atoms in total. The van der Waals surface area contributed by atoms with Gasteiger partial charge in [-0.15, -0.1) is 5.10 Å². The third-order valence-electron chi connectivity index (χ3n) is 4.00. The van der Waals surface area contributed by atoms with Crippen molar-refractivity contribution in [1.29, 1.82) is 10.5 Å². The number of nitriles is 2. The van der Waals surface area contributed by atoms with Gasteiger partial charge >= 0.3 is 6.01 Å². The fourth-order valence-electron chi connectivity index (χ4n) is 2.50. The predicted molar refractivity (Wildman–Crippen MR) is 109 cm³/mol. The fourth-order valence-corrected chi connectivity index (χ4v) is 3.95. The molecule has 0 saturated carbocycles. The second kappa shape index (κ2) is 9.36. The average Bonchev–Trinajstić information content (AvgIpc) is 3.22.